The number of ether oxygens (including phenoxy) is 1. The molecule has 3 unspecified atom stereocenters. The Balaban J connectivity index is 2.23. The summed E-state index contributed by atoms with van der Waals surface area (Å²) in [5.74, 6) is 0.367. The van der Waals surface area contributed by atoms with Crippen LogP contribution in [-0.4, -0.2) is 32.3 Å². The molecule has 1 aliphatic heterocycles. The van der Waals surface area contributed by atoms with Crippen LogP contribution in [0.15, 0.2) is 18.2 Å². The third-order valence-electron chi connectivity index (χ3n) is 4.12. The number of anilines is 1. The van der Waals surface area contributed by atoms with Crippen molar-refractivity contribution in [3.63, 3.8) is 0 Å². The fourth-order valence-corrected chi connectivity index (χ4v) is 2.93. The third-order valence-corrected chi connectivity index (χ3v) is 4.12. The Morgan fingerprint density at radius 3 is 2.90 bits per heavy atom. The van der Waals surface area contributed by atoms with Crippen molar-refractivity contribution in [1.29, 1.82) is 0 Å². The van der Waals surface area contributed by atoms with Gasteiger partial charge in [-0.3, -0.25) is 0 Å². The van der Waals surface area contributed by atoms with E-state index in [-0.39, 0.29) is 18.0 Å². The summed E-state index contributed by atoms with van der Waals surface area (Å²) >= 11 is 0. The Bertz CT molecular complexity index is 450. The number of benzene rings is 1. The molecule has 1 saturated heterocycles. The van der Waals surface area contributed by atoms with Crippen molar-refractivity contribution >= 4 is 5.69 Å². The van der Waals surface area contributed by atoms with Crippen molar-refractivity contribution in [2.75, 3.05) is 25.1 Å². The van der Waals surface area contributed by atoms with Crippen LogP contribution in [0.3, 0.4) is 0 Å². The fraction of sp³-hybridized carbons (Fsp3) is 0.625. The van der Waals surface area contributed by atoms with Gasteiger partial charge in [-0.25, -0.2) is 4.39 Å². The number of rotatable bonds is 4. The second-order valence-corrected chi connectivity index (χ2v) is 5.94. The second kappa shape index (κ2) is 6.55. The fourth-order valence-electron chi connectivity index (χ4n) is 2.93. The van der Waals surface area contributed by atoms with Gasteiger partial charge in [-0.15, -0.1) is 0 Å². The average molecular weight is 280 g/mol. The van der Waals surface area contributed by atoms with Crippen LogP contribution in [0.2, 0.25) is 0 Å². The van der Waals surface area contributed by atoms with Crippen molar-refractivity contribution in [1.82, 2.24) is 0 Å². The molecule has 0 bridgehead atoms. The molecule has 4 heteroatoms. The first kappa shape index (κ1) is 15.3. The largest absolute Gasteiger partial charge is 0.379 e. The summed E-state index contributed by atoms with van der Waals surface area (Å²) in [5.41, 5.74) is 7.97. The molecule has 1 aromatic rings. The summed E-state index contributed by atoms with van der Waals surface area (Å²) < 4.78 is 19.0. The highest BCUT2D eigenvalue weighted by atomic mass is 19.1. The summed E-state index contributed by atoms with van der Waals surface area (Å²) in [6.45, 7) is 6.01. The molecular weight excluding hydrogens is 255 g/mol. The first-order valence-electron chi connectivity index (χ1n) is 7.33. The van der Waals surface area contributed by atoms with Crippen LogP contribution in [0.5, 0.6) is 0 Å². The molecule has 0 spiro atoms. The quantitative estimate of drug-likeness (QED) is 0.921. The first-order valence-corrected chi connectivity index (χ1v) is 7.33. The number of halogens is 1. The van der Waals surface area contributed by atoms with Gasteiger partial charge >= 0.3 is 0 Å². The van der Waals surface area contributed by atoms with E-state index in [2.05, 4.69) is 11.8 Å². The van der Waals surface area contributed by atoms with Gasteiger partial charge in [-0.2, -0.15) is 0 Å². The van der Waals surface area contributed by atoms with E-state index in [0.29, 0.717) is 12.3 Å². The van der Waals surface area contributed by atoms with E-state index in [1.807, 2.05) is 13.0 Å². The van der Waals surface area contributed by atoms with E-state index in [1.54, 1.807) is 13.2 Å². The van der Waals surface area contributed by atoms with Gasteiger partial charge in [0.25, 0.3) is 0 Å². The monoisotopic (exact) mass is 280 g/mol. The summed E-state index contributed by atoms with van der Waals surface area (Å²) in [6, 6.07) is 5.03. The van der Waals surface area contributed by atoms with Crippen LogP contribution in [-0.2, 0) is 11.2 Å². The van der Waals surface area contributed by atoms with Gasteiger partial charge in [0.15, 0.2) is 0 Å². The Morgan fingerprint density at radius 2 is 2.25 bits per heavy atom. The van der Waals surface area contributed by atoms with E-state index in [0.717, 1.165) is 30.8 Å². The summed E-state index contributed by atoms with van der Waals surface area (Å²) in [4.78, 5) is 2.30. The molecule has 0 aliphatic carbocycles. The van der Waals surface area contributed by atoms with Gasteiger partial charge in [0, 0.05) is 31.9 Å². The number of hydrogen-bond acceptors (Lipinski definition) is 3. The van der Waals surface area contributed by atoms with Crippen molar-refractivity contribution in [2.24, 2.45) is 11.7 Å². The van der Waals surface area contributed by atoms with Crippen LogP contribution in [0, 0.1) is 11.7 Å². The number of hydrogen-bond donors (Lipinski definition) is 1. The Hall–Kier alpha value is -1.13. The highest BCUT2D eigenvalue weighted by molar-refractivity contribution is 5.54. The zero-order chi connectivity index (χ0) is 14.7. The maximum Gasteiger partial charge on any atom is 0.123 e. The molecular formula is C16H25FN2O. The maximum atomic E-state index is 13.5. The third kappa shape index (κ3) is 3.49. The van der Waals surface area contributed by atoms with Gasteiger partial charge in [-0.05, 0) is 49.4 Å². The molecule has 2 N–H and O–H groups in total. The minimum Gasteiger partial charge on any atom is -0.379 e. The van der Waals surface area contributed by atoms with Crippen molar-refractivity contribution in [2.45, 2.75) is 38.8 Å². The van der Waals surface area contributed by atoms with Gasteiger partial charge in [0.2, 0.25) is 0 Å². The Labute approximate surface area is 120 Å². The smallest absolute Gasteiger partial charge is 0.123 e. The zero-order valence-corrected chi connectivity index (χ0v) is 12.6. The normalized spacial score (nSPS) is 24.8. The predicted octanol–water partition coefficient (Wildman–Crippen LogP) is 2.58. The summed E-state index contributed by atoms with van der Waals surface area (Å²) in [7, 11) is 1.76. The van der Waals surface area contributed by atoms with E-state index in [9.17, 15) is 4.39 Å². The van der Waals surface area contributed by atoms with Gasteiger partial charge in [0.05, 0.1) is 6.10 Å². The SMILES string of the molecule is COC1CN(c2ccc(F)cc2CC(C)N)CCC1C. The molecule has 3 nitrogen and oxygen atoms in total. The molecule has 0 saturated carbocycles. The van der Waals surface area contributed by atoms with Gasteiger partial charge in [-0.1, -0.05) is 6.92 Å². The molecule has 0 radical (unpaired) electrons. The van der Waals surface area contributed by atoms with E-state index in [1.165, 1.54) is 6.07 Å². The molecule has 0 amide bonds. The molecule has 112 valence electrons. The lowest BCUT2D eigenvalue weighted by Crippen LogP contribution is -2.44. The van der Waals surface area contributed by atoms with Gasteiger partial charge < -0.3 is 15.4 Å². The Kier molecular flexibility index (Phi) is 5.00. The number of methoxy groups -OCH3 is 1. The van der Waals surface area contributed by atoms with Crippen LogP contribution in [0.1, 0.15) is 25.8 Å². The number of nitrogens with zero attached hydrogens (tertiary/aromatic N) is 1. The van der Waals surface area contributed by atoms with Crippen LogP contribution < -0.4 is 10.6 Å². The van der Waals surface area contributed by atoms with E-state index in [4.69, 9.17) is 10.5 Å². The molecule has 1 heterocycles. The molecule has 1 aliphatic rings. The van der Waals surface area contributed by atoms with E-state index >= 15 is 0 Å². The lowest BCUT2D eigenvalue weighted by molar-refractivity contribution is 0.0498. The Morgan fingerprint density at radius 1 is 1.50 bits per heavy atom. The van der Waals surface area contributed by atoms with Crippen LogP contribution in [0.25, 0.3) is 0 Å². The van der Waals surface area contributed by atoms with Crippen LogP contribution in [0.4, 0.5) is 10.1 Å². The predicted molar refractivity (Wildman–Crippen MR) is 80.5 cm³/mol. The summed E-state index contributed by atoms with van der Waals surface area (Å²) in [5, 5.41) is 0. The minimum absolute atomic E-state index is 0.0255. The second-order valence-electron chi connectivity index (χ2n) is 5.94. The molecule has 0 aromatic heterocycles. The maximum absolute atomic E-state index is 13.5. The number of nitrogens with two attached hydrogens (primary N) is 1. The minimum atomic E-state index is -0.196. The lowest BCUT2D eigenvalue weighted by Gasteiger charge is -2.38. The van der Waals surface area contributed by atoms with Crippen molar-refractivity contribution in [3.05, 3.63) is 29.6 Å². The van der Waals surface area contributed by atoms with Gasteiger partial charge in [0.1, 0.15) is 5.82 Å². The highest BCUT2D eigenvalue weighted by Gasteiger charge is 2.27. The highest BCUT2D eigenvalue weighted by Crippen LogP contribution is 2.28. The van der Waals surface area contributed by atoms with E-state index < -0.39 is 0 Å². The number of piperidine rings is 1. The standard InChI is InChI=1S/C16H25FN2O/c1-11-6-7-19(10-16(11)20-3)15-5-4-14(17)9-13(15)8-12(2)18/h4-5,9,11-12,16H,6-8,10,18H2,1-3H3. The molecule has 20 heavy (non-hydrogen) atoms. The summed E-state index contributed by atoms with van der Waals surface area (Å²) in [6.07, 6.45) is 2.02. The van der Waals surface area contributed by atoms with Crippen LogP contribution >= 0.6 is 0 Å². The molecule has 2 rings (SSSR count). The lowest BCUT2D eigenvalue weighted by atomic mass is 9.94. The molecule has 1 fully saturated rings. The molecule has 3 atom stereocenters. The van der Waals surface area contributed by atoms with Crippen molar-refractivity contribution in [3.8, 4) is 0 Å². The molecule has 1 aromatic carbocycles. The first-order chi connectivity index (χ1) is 9.51. The topological polar surface area (TPSA) is 38.5 Å². The zero-order valence-electron chi connectivity index (χ0n) is 12.6. The average Bonchev–Trinajstić information content (AvgIpc) is 2.39. The van der Waals surface area contributed by atoms with Crippen molar-refractivity contribution < 1.29 is 9.13 Å².